The minimum atomic E-state index is -1.18. The smallest absolute Gasteiger partial charge is 0.343 e. The van der Waals surface area contributed by atoms with Crippen LogP contribution < -0.4 is 42.1 Å². The number of hydrogen-bond donors (Lipinski definition) is 4. The third kappa shape index (κ3) is 15.8. The molecule has 5 amide bonds. The number of amides is 5. The lowest BCUT2D eigenvalue weighted by Gasteiger charge is -2.54. The van der Waals surface area contributed by atoms with Crippen molar-refractivity contribution in [2.24, 2.45) is 23.5 Å². The average molecular weight is 1570 g/mol. The predicted octanol–water partition coefficient (Wildman–Crippen LogP) is 11.5. The molecule has 12 heterocycles. The maximum atomic E-state index is 14.1. The summed E-state index contributed by atoms with van der Waals surface area (Å²) >= 11 is 0. The summed E-state index contributed by atoms with van der Waals surface area (Å²) in [5.41, 5.74) is 3.13. The van der Waals surface area contributed by atoms with Crippen LogP contribution in [0.15, 0.2) is 136 Å². The van der Waals surface area contributed by atoms with Crippen LogP contribution in [-0.4, -0.2) is 112 Å². The largest absolute Gasteiger partial charge is 0.503 e. The first kappa shape index (κ1) is 79.6. The molecule has 3 saturated carbocycles. The van der Waals surface area contributed by atoms with Gasteiger partial charge in [-0.1, -0.05) is 74.2 Å². The molecule has 0 spiro atoms. The number of fused-ring (bicyclic) bond motifs is 9. The number of rotatable bonds is 15. The lowest BCUT2D eigenvalue weighted by atomic mass is 9.73. The first-order valence-electron chi connectivity index (χ1n) is 37.4. The maximum absolute atomic E-state index is 14.1. The molecule has 6 bridgehead atoms. The monoisotopic (exact) mass is 1570 g/mol. The number of benzene rings is 5. The fraction of sp³-hybridized carbons (Fsp3) is 0.386. The van der Waals surface area contributed by atoms with Gasteiger partial charge in [0.1, 0.15) is 76.4 Å². The van der Waals surface area contributed by atoms with Gasteiger partial charge in [0.2, 0.25) is 16.3 Å². The van der Waals surface area contributed by atoms with Crippen LogP contribution in [0.2, 0.25) is 0 Å². The Bertz CT molecular complexity index is 5170. The van der Waals surface area contributed by atoms with Gasteiger partial charge in [0.25, 0.3) is 29.5 Å². The van der Waals surface area contributed by atoms with Gasteiger partial charge >= 0.3 is 5.97 Å². The number of pyridine rings is 3. The second kappa shape index (κ2) is 33.5. The topological polar surface area (TPSA) is 276 Å². The van der Waals surface area contributed by atoms with E-state index < -0.39 is 110 Å². The summed E-state index contributed by atoms with van der Waals surface area (Å²) in [7, 11) is 0. The molecule has 12 aliphatic rings. The first-order valence-corrected chi connectivity index (χ1v) is 37.4. The number of aromatic hydroxyl groups is 1. The lowest BCUT2D eigenvalue weighted by molar-refractivity contribution is -0.0186. The molecule has 5 aromatic carbocycles. The summed E-state index contributed by atoms with van der Waals surface area (Å²) in [6.45, 7) is 2.31. The molecule has 3 atom stereocenters. The standard InChI is InChI=1S/C29H27F2N3O4.C24H26N2O5.C22H20F3N3O4.C7H6F3N.CH4/c30-20-9-6-19(23(31)12-20)13-32-28(36)22-14-33-15-24-18-7-10-21(11-8-18)34(24)29(37)25(33)27(26(22)35)38-16-17-4-2-1-3-5-17;1-2-30-24(29)18-12-25-13-19-16-8-10-17(11-9-16)26(19)23(28)20(25)22(21(18)27)31-14-15-6-4-3-5-7-15;23-11-5-15(24)13(16(25)6-11)7-26-21(31)14-8-27-9-17-10-1-3-12(4-2-10)28(17)22(32)18(27)20(30)19(14)29;8-4-1-6(9)5(3-11)7(10)2-4;/h1-6,9,12,14,18,21,24H,7-8,10-11,13,15-16H2,(H,32,36);3-7,12,16-17,19H,2,8-11,13-14H2,1H3;5-6,8,10,12,17,30H,1-4,7,9H2,(H,26,31);1-2H,3,11H2;1H4/t18?,21?,24-;16?,17?,19-;10?,12?,17-;;/m000../s1. The van der Waals surface area contributed by atoms with Crippen molar-refractivity contribution in [2.75, 3.05) is 6.61 Å². The quantitative estimate of drug-likeness (QED) is 0.0549. The Morgan fingerprint density at radius 3 is 1.25 bits per heavy atom. The molecule has 8 aromatic rings. The van der Waals surface area contributed by atoms with Crippen LogP contribution in [0, 0.1) is 64.3 Å². The van der Waals surface area contributed by atoms with Crippen molar-refractivity contribution in [3.8, 4) is 17.2 Å². The number of halogens is 8. The van der Waals surface area contributed by atoms with Crippen molar-refractivity contribution in [1.82, 2.24) is 39.0 Å². The molecule has 9 aliphatic heterocycles. The summed E-state index contributed by atoms with van der Waals surface area (Å²) in [5, 5.41) is 15.3. The van der Waals surface area contributed by atoms with Gasteiger partial charge in [-0.15, -0.1) is 0 Å². The van der Waals surface area contributed by atoms with Crippen molar-refractivity contribution in [2.45, 2.75) is 180 Å². The molecule has 0 radical (unpaired) electrons. The molecule has 9 fully saturated rings. The molecule has 594 valence electrons. The van der Waals surface area contributed by atoms with Gasteiger partial charge in [-0.2, -0.15) is 0 Å². The van der Waals surface area contributed by atoms with E-state index in [2.05, 4.69) is 10.6 Å². The maximum Gasteiger partial charge on any atom is 0.343 e. The van der Waals surface area contributed by atoms with E-state index in [4.69, 9.17) is 19.9 Å². The predicted molar refractivity (Wildman–Crippen MR) is 394 cm³/mol. The minimum absolute atomic E-state index is 0. The summed E-state index contributed by atoms with van der Waals surface area (Å²) in [6.07, 6.45) is 16.2. The number of ether oxygens (including phenoxy) is 3. The Balaban J connectivity index is 0.000000139. The van der Waals surface area contributed by atoms with Crippen LogP contribution in [0.5, 0.6) is 17.2 Å². The molecular formula is C83H83F8N9O13. The zero-order valence-electron chi connectivity index (χ0n) is 60.7. The van der Waals surface area contributed by atoms with Gasteiger partial charge in [0, 0.05) is 123 Å². The van der Waals surface area contributed by atoms with Crippen molar-refractivity contribution >= 4 is 35.5 Å². The van der Waals surface area contributed by atoms with Crippen molar-refractivity contribution in [3.63, 3.8) is 0 Å². The van der Waals surface area contributed by atoms with Gasteiger partial charge in [0.05, 0.1) is 24.7 Å². The summed E-state index contributed by atoms with van der Waals surface area (Å²) < 4.78 is 127. The normalized spacial score (nSPS) is 21.5. The molecule has 3 aromatic heterocycles. The number of nitrogens with two attached hydrogens (primary N) is 1. The zero-order valence-corrected chi connectivity index (χ0v) is 60.7. The lowest BCUT2D eigenvalue weighted by Crippen LogP contribution is -2.62. The van der Waals surface area contributed by atoms with Gasteiger partial charge in [-0.05, 0) is 119 Å². The van der Waals surface area contributed by atoms with Crippen LogP contribution in [0.4, 0.5) is 35.1 Å². The highest BCUT2D eigenvalue weighted by molar-refractivity contribution is 6.01. The highest BCUT2D eigenvalue weighted by Crippen LogP contribution is 2.47. The van der Waals surface area contributed by atoms with Crippen LogP contribution in [-0.2, 0) is 57.2 Å². The first-order chi connectivity index (χ1) is 53.9. The Kier molecular flexibility index (Phi) is 23.6. The zero-order chi connectivity index (χ0) is 79.1. The number of hydrogen-bond acceptors (Lipinski definition) is 14. The molecule has 5 N–H and O–H groups in total. The van der Waals surface area contributed by atoms with Gasteiger partial charge < -0.3 is 64.1 Å². The summed E-state index contributed by atoms with van der Waals surface area (Å²) in [6, 6.07) is 24.5. The highest BCUT2D eigenvalue weighted by atomic mass is 19.2. The number of aromatic nitrogens is 3. The van der Waals surface area contributed by atoms with E-state index >= 15 is 0 Å². The second-order valence-corrected chi connectivity index (χ2v) is 29.4. The molecule has 6 saturated heterocycles. The SMILES string of the molecule is C.CCOC(=O)c1cn2c(c(OCc3ccccc3)c1=O)C(=O)N1C3CCC(CC3)[C@@H]1C2.NCc1c(F)cc(F)cc1F.O=C(NCc1c(F)cc(F)cc1F)c1cn2c(c(O)c1=O)C(=O)N1C3CCC(CC3)[C@@H]1C2.O=C(NCc1ccc(F)cc1F)c1cn2c(c(OCc3ccccc3)c1=O)C(=O)N1C3CCC(CC3)[C@@H]1C2. The van der Waals surface area contributed by atoms with Crippen LogP contribution in [0.1, 0.15) is 182 Å². The summed E-state index contributed by atoms with van der Waals surface area (Å²) in [5.74, 6) is -10.9. The molecule has 0 unspecified atom stereocenters. The fourth-order valence-corrected chi connectivity index (χ4v) is 17.6. The third-order valence-electron chi connectivity index (χ3n) is 23.0. The number of esters is 1. The van der Waals surface area contributed by atoms with Crippen LogP contribution in [0.3, 0.4) is 0 Å². The van der Waals surface area contributed by atoms with Crippen LogP contribution in [0.25, 0.3) is 0 Å². The molecule has 30 heteroatoms. The van der Waals surface area contributed by atoms with Gasteiger partial charge in [-0.25, -0.2) is 39.9 Å². The number of nitrogens with zero attached hydrogens (tertiary/aromatic N) is 6. The molecular weight excluding hydrogens is 1480 g/mol. The Hall–Kier alpha value is -11.4. The van der Waals surface area contributed by atoms with Crippen LogP contribution >= 0.6 is 0 Å². The van der Waals surface area contributed by atoms with Gasteiger partial charge in [-0.3, -0.25) is 38.4 Å². The Morgan fingerprint density at radius 2 is 0.832 bits per heavy atom. The van der Waals surface area contributed by atoms with E-state index in [0.29, 0.717) is 61.7 Å². The van der Waals surface area contributed by atoms with E-state index in [1.54, 1.807) is 21.0 Å². The van der Waals surface area contributed by atoms with E-state index in [1.807, 2.05) is 70.5 Å². The molecule has 22 nitrogen and oxygen atoms in total. The molecule has 20 rings (SSSR count). The number of piperidine rings is 6. The van der Waals surface area contributed by atoms with E-state index in [1.165, 1.54) is 29.2 Å². The third-order valence-corrected chi connectivity index (χ3v) is 23.0. The second-order valence-electron chi connectivity index (χ2n) is 29.4. The Morgan fingerprint density at radius 1 is 0.460 bits per heavy atom. The van der Waals surface area contributed by atoms with E-state index in [0.717, 1.165) is 100 Å². The van der Waals surface area contributed by atoms with Crippen molar-refractivity contribution in [3.05, 3.63) is 261 Å². The van der Waals surface area contributed by atoms with E-state index in [9.17, 15) is 83.4 Å². The van der Waals surface area contributed by atoms with Crippen molar-refractivity contribution < 1.29 is 83.2 Å². The highest BCUT2D eigenvalue weighted by Gasteiger charge is 2.52. The minimum Gasteiger partial charge on any atom is -0.503 e. The fourth-order valence-electron chi connectivity index (χ4n) is 17.6. The summed E-state index contributed by atoms with van der Waals surface area (Å²) in [4.78, 5) is 124. The number of nitrogens with one attached hydrogen (secondary N) is 2. The van der Waals surface area contributed by atoms with Crippen molar-refractivity contribution in [1.29, 1.82) is 0 Å². The van der Waals surface area contributed by atoms with Gasteiger partial charge in [0.15, 0.2) is 34.3 Å². The number of carbonyl (C=O) groups excluding carboxylic acids is 6. The molecule has 113 heavy (non-hydrogen) atoms. The Labute approximate surface area is 643 Å². The van der Waals surface area contributed by atoms with E-state index in [-0.39, 0.29) is 139 Å². The molecule has 3 aliphatic carbocycles. The number of carbonyl (C=O) groups is 6. The average Bonchev–Trinajstić information content (AvgIpc) is 0.738.